The van der Waals surface area contributed by atoms with Crippen LogP contribution in [0.2, 0.25) is 0 Å². The molecule has 2 amide bonds. The quantitative estimate of drug-likeness (QED) is 0.113. The highest BCUT2D eigenvalue weighted by molar-refractivity contribution is 7.99. The first-order valence-corrected chi connectivity index (χ1v) is 14.0. The third-order valence-electron chi connectivity index (χ3n) is 6.95. The second-order valence-corrected chi connectivity index (χ2v) is 11.8. The van der Waals surface area contributed by atoms with Gasteiger partial charge in [0.25, 0.3) is 5.91 Å². The zero-order valence-corrected chi connectivity index (χ0v) is 22.7. The summed E-state index contributed by atoms with van der Waals surface area (Å²) in [5.74, 6) is -2.96. The number of carbonyl (C=O) groups excluding carboxylic acids is 3. The van der Waals surface area contributed by atoms with Gasteiger partial charge < -0.3 is 26.6 Å². The summed E-state index contributed by atoms with van der Waals surface area (Å²) in [4.78, 5) is 57.5. The third-order valence-corrected chi connectivity index (χ3v) is 9.09. The number of thioether (sulfide) groups is 1. The molecule has 14 heteroatoms. The minimum Gasteiger partial charge on any atom is -0.477 e. The highest BCUT2D eigenvalue weighted by atomic mass is 32.2. The van der Waals surface area contributed by atoms with Gasteiger partial charge in [0.05, 0.1) is 33.4 Å². The number of aliphatic hydroxyl groups is 1. The van der Waals surface area contributed by atoms with E-state index in [0.29, 0.717) is 33.1 Å². The zero-order chi connectivity index (χ0) is 28.2. The summed E-state index contributed by atoms with van der Waals surface area (Å²) in [6, 6.07) is 1.25. The van der Waals surface area contributed by atoms with E-state index in [9.17, 15) is 29.4 Å². The second-order valence-electron chi connectivity index (χ2n) is 9.59. The molecule has 3 aromatic rings. The molecule has 3 aromatic heterocycles. The van der Waals surface area contributed by atoms with Gasteiger partial charge in [0.2, 0.25) is 18.2 Å². The van der Waals surface area contributed by atoms with E-state index in [0.717, 1.165) is 4.90 Å². The van der Waals surface area contributed by atoms with E-state index in [1.165, 1.54) is 47.4 Å². The van der Waals surface area contributed by atoms with Crippen LogP contribution in [0.15, 0.2) is 41.6 Å². The number of imidazole rings is 1. The van der Waals surface area contributed by atoms with Gasteiger partial charge in [-0.05, 0) is 13.0 Å². The topological polar surface area (TPSA) is 185 Å². The molecule has 204 valence electrons. The molecule has 0 saturated carbocycles. The van der Waals surface area contributed by atoms with Crippen LogP contribution in [0.25, 0.3) is 10.4 Å². The van der Waals surface area contributed by atoms with Crippen LogP contribution >= 0.6 is 23.1 Å². The molecule has 0 spiro atoms. The van der Waals surface area contributed by atoms with E-state index in [1.54, 1.807) is 27.4 Å². The maximum Gasteiger partial charge on any atom is 0.352 e. The fourth-order valence-electron chi connectivity index (χ4n) is 5.37. The number of pyridine rings is 1. The Labute approximate surface area is 230 Å². The molecule has 1 saturated heterocycles. The Balaban J connectivity index is 1.54. The monoisotopic (exact) mass is 571 g/mol. The number of thiazole rings is 1. The van der Waals surface area contributed by atoms with Crippen molar-refractivity contribution in [1.82, 2.24) is 14.3 Å². The first-order valence-electron chi connectivity index (χ1n) is 12.2. The molecular formula is C25H27N6O6S2+. The molecule has 2 aliphatic rings. The lowest BCUT2D eigenvalue weighted by Crippen LogP contribution is -2.63. The van der Waals surface area contributed by atoms with Crippen LogP contribution < -0.4 is 16.0 Å². The van der Waals surface area contributed by atoms with Crippen molar-refractivity contribution in [2.75, 3.05) is 12.3 Å². The van der Waals surface area contributed by atoms with Gasteiger partial charge in [0.15, 0.2) is 12.4 Å². The molecule has 0 unspecified atom stereocenters. The van der Waals surface area contributed by atoms with E-state index in [2.05, 4.69) is 4.98 Å². The summed E-state index contributed by atoms with van der Waals surface area (Å²) in [7, 11) is 0. The summed E-state index contributed by atoms with van der Waals surface area (Å²) < 4.78 is 3.20. The molecule has 5 heterocycles. The van der Waals surface area contributed by atoms with Crippen LogP contribution in [0.3, 0.4) is 0 Å². The predicted octanol–water partition coefficient (Wildman–Crippen LogP) is 0.104. The number of aliphatic hydroxyl groups excluding tert-OH is 1. The van der Waals surface area contributed by atoms with Crippen molar-refractivity contribution in [3.63, 3.8) is 0 Å². The fourth-order valence-corrected chi connectivity index (χ4v) is 7.36. The van der Waals surface area contributed by atoms with Crippen molar-refractivity contribution in [1.29, 1.82) is 0 Å². The number of hydrogen-bond donors (Lipinski definition) is 4. The standard InChI is InChI=1S/C25H26N6O6S2/c1-11-17(21(25(36)37)31-20(11)18(12(2)32)23(31)35)15-8-30-10-28-19(24(30)39-15)22(34)13-5-14(38-4-3-26)7-29(6-13)9-16(27)33/h5-8,10-12,18,20,32H,3-4,9,26H2,1-2H3,(H2-,27,33,36,37)/p+1/t11-,12+,18+,20+/m0/s1. The third kappa shape index (κ3) is 4.52. The largest absolute Gasteiger partial charge is 0.477 e. The molecule has 12 nitrogen and oxygen atoms in total. The average Bonchev–Trinajstić information content (AvgIpc) is 3.51. The number of ketones is 1. The Bertz CT molecular complexity index is 1560. The van der Waals surface area contributed by atoms with Crippen molar-refractivity contribution >= 4 is 57.1 Å². The molecule has 0 bridgehead atoms. The van der Waals surface area contributed by atoms with Crippen molar-refractivity contribution in [3.05, 3.63) is 52.8 Å². The molecule has 1 fully saturated rings. The lowest BCUT2D eigenvalue weighted by atomic mass is 9.77. The van der Waals surface area contributed by atoms with Crippen molar-refractivity contribution in [2.24, 2.45) is 23.3 Å². The molecule has 0 aliphatic carbocycles. The SMILES string of the molecule is C[C@@H](O)[C@H]1C(=O)N2C(C(=O)O)=C(c3cn4cnc(C(=O)c5cc(SCCN)c[n+](CC(N)=O)c5)c4s3)[C@H](C)[C@H]12. The molecule has 6 N–H and O–H groups in total. The summed E-state index contributed by atoms with van der Waals surface area (Å²) >= 11 is 2.65. The Hall–Kier alpha value is -3.59. The first kappa shape index (κ1) is 27.0. The minimum absolute atomic E-state index is 0.100. The van der Waals surface area contributed by atoms with Crippen LogP contribution in [0.1, 0.15) is 34.8 Å². The molecule has 39 heavy (non-hydrogen) atoms. The number of amides is 2. The maximum atomic E-state index is 13.6. The maximum absolute atomic E-state index is 13.6. The molecule has 0 aromatic carbocycles. The average molecular weight is 572 g/mol. The van der Waals surface area contributed by atoms with Gasteiger partial charge >= 0.3 is 5.97 Å². The van der Waals surface area contributed by atoms with E-state index < -0.39 is 35.8 Å². The van der Waals surface area contributed by atoms with Crippen LogP contribution in [0.5, 0.6) is 0 Å². The summed E-state index contributed by atoms with van der Waals surface area (Å²) in [5.41, 5.74) is 11.8. The number of β-lactam (4-membered cyclic amide) rings is 1. The number of fused-ring (bicyclic) bond motifs is 2. The number of nitrogens with two attached hydrogens (primary N) is 2. The minimum atomic E-state index is -1.23. The molecule has 4 atom stereocenters. The van der Waals surface area contributed by atoms with Crippen LogP contribution in [-0.4, -0.2) is 72.5 Å². The smallest absolute Gasteiger partial charge is 0.352 e. The highest BCUT2D eigenvalue weighted by Crippen LogP contribution is 2.51. The number of aromatic nitrogens is 3. The van der Waals surface area contributed by atoms with Crippen LogP contribution in [0.4, 0.5) is 0 Å². The molecule has 5 rings (SSSR count). The predicted molar refractivity (Wildman–Crippen MR) is 142 cm³/mol. The van der Waals surface area contributed by atoms with E-state index >= 15 is 0 Å². The normalized spacial score (nSPS) is 21.3. The number of primary amides is 1. The first-order chi connectivity index (χ1) is 18.5. The van der Waals surface area contributed by atoms with Gasteiger partial charge in [-0.2, -0.15) is 4.57 Å². The second kappa shape index (κ2) is 10.2. The van der Waals surface area contributed by atoms with Gasteiger partial charge in [0, 0.05) is 30.0 Å². The molecular weight excluding hydrogens is 544 g/mol. The number of carbonyl (C=O) groups is 4. The summed E-state index contributed by atoms with van der Waals surface area (Å²) in [6.45, 7) is 3.70. The van der Waals surface area contributed by atoms with Crippen molar-refractivity contribution in [2.45, 2.75) is 37.4 Å². The summed E-state index contributed by atoms with van der Waals surface area (Å²) in [6.07, 6.45) is 5.54. The number of aliphatic carboxylic acids is 1. The lowest BCUT2D eigenvalue weighted by molar-refractivity contribution is -0.686. The van der Waals surface area contributed by atoms with Gasteiger partial charge in [0.1, 0.15) is 22.5 Å². The number of carboxylic acid groups (broad SMARTS) is 1. The Morgan fingerprint density at radius 2 is 2.05 bits per heavy atom. The Morgan fingerprint density at radius 3 is 2.69 bits per heavy atom. The van der Waals surface area contributed by atoms with Gasteiger partial charge in [-0.25, -0.2) is 9.78 Å². The van der Waals surface area contributed by atoms with Gasteiger partial charge in [-0.15, -0.1) is 23.1 Å². The van der Waals surface area contributed by atoms with Crippen molar-refractivity contribution in [3.8, 4) is 0 Å². The van der Waals surface area contributed by atoms with E-state index in [1.807, 2.05) is 6.92 Å². The number of nitrogens with zero attached hydrogens (tertiary/aromatic N) is 4. The van der Waals surface area contributed by atoms with Crippen molar-refractivity contribution < 1.29 is 34.0 Å². The molecule has 2 aliphatic heterocycles. The number of rotatable bonds is 10. The highest BCUT2D eigenvalue weighted by Gasteiger charge is 2.60. The van der Waals surface area contributed by atoms with Crippen LogP contribution in [-0.2, 0) is 20.9 Å². The molecule has 0 radical (unpaired) electrons. The van der Waals surface area contributed by atoms with Gasteiger partial charge in [-0.1, -0.05) is 6.92 Å². The van der Waals surface area contributed by atoms with Crippen LogP contribution in [0, 0.1) is 11.8 Å². The fraction of sp³-hybridized carbons (Fsp3) is 0.360. The zero-order valence-electron chi connectivity index (χ0n) is 21.1. The Morgan fingerprint density at radius 1 is 1.31 bits per heavy atom. The Kier molecular flexibility index (Phi) is 7.05. The lowest BCUT2D eigenvalue weighted by Gasteiger charge is -2.46. The van der Waals surface area contributed by atoms with E-state index in [4.69, 9.17) is 11.5 Å². The van der Waals surface area contributed by atoms with Gasteiger partial charge in [-0.3, -0.25) is 18.8 Å². The number of hydrogen-bond acceptors (Lipinski definition) is 9. The number of carboxylic acids is 1. The van der Waals surface area contributed by atoms with E-state index in [-0.39, 0.29) is 29.6 Å². The summed E-state index contributed by atoms with van der Waals surface area (Å²) in [5, 5.41) is 20.1.